The maximum absolute atomic E-state index is 11.6. The number of amides is 4. The molecule has 1 aromatic rings. The van der Waals surface area contributed by atoms with Crippen LogP contribution in [0.15, 0.2) is 24.3 Å². The number of benzene rings is 1. The molecule has 1 aromatic carbocycles. The summed E-state index contributed by atoms with van der Waals surface area (Å²) < 4.78 is 9.84. The summed E-state index contributed by atoms with van der Waals surface area (Å²) in [7, 11) is 0. The fraction of sp³-hybridized carbons (Fsp3) is 0.375. The minimum atomic E-state index is -0.836. The number of carbonyl (C=O) groups excluding carboxylic acids is 4. The zero-order valence-electron chi connectivity index (χ0n) is 14.0. The number of primary amides is 1. The van der Waals surface area contributed by atoms with Crippen LogP contribution in [0.2, 0.25) is 0 Å². The summed E-state index contributed by atoms with van der Waals surface area (Å²) in [5.41, 5.74) is 5.30. The van der Waals surface area contributed by atoms with Gasteiger partial charge < -0.3 is 20.5 Å². The first-order valence-corrected chi connectivity index (χ1v) is 7.61. The largest absolute Gasteiger partial charge is 0.481 e. The number of nitrogens with two attached hydrogens (primary N) is 1. The third-order valence-corrected chi connectivity index (χ3v) is 3.11. The molecule has 0 saturated carbocycles. The summed E-state index contributed by atoms with van der Waals surface area (Å²) in [6, 6.07) is 5.37. The second-order valence-electron chi connectivity index (χ2n) is 5.14. The molecule has 0 saturated heterocycles. The molecular weight excluding hydrogens is 330 g/mol. The number of urea groups is 1. The van der Waals surface area contributed by atoms with Gasteiger partial charge in [0, 0.05) is 6.04 Å². The molecule has 0 unspecified atom stereocenters. The Morgan fingerprint density at radius 1 is 1.16 bits per heavy atom. The number of hydrogen-bond donors (Lipinski definition) is 3. The molecule has 4 amide bonds. The lowest BCUT2D eigenvalue weighted by atomic mass is 10.2. The van der Waals surface area contributed by atoms with Crippen LogP contribution in [0.1, 0.15) is 30.6 Å². The van der Waals surface area contributed by atoms with Crippen LogP contribution in [0.25, 0.3) is 0 Å². The lowest BCUT2D eigenvalue weighted by Gasteiger charge is -2.12. The van der Waals surface area contributed by atoms with Crippen LogP contribution in [0.3, 0.4) is 0 Å². The second-order valence-corrected chi connectivity index (χ2v) is 5.14. The molecule has 0 fully saturated rings. The van der Waals surface area contributed by atoms with Crippen molar-refractivity contribution < 1.29 is 28.7 Å². The highest BCUT2D eigenvalue weighted by molar-refractivity contribution is 5.96. The van der Waals surface area contributed by atoms with Crippen LogP contribution < -0.4 is 21.1 Å². The zero-order chi connectivity index (χ0) is 18.8. The Morgan fingerprint density at radius 2 is 1.84 bits per heavy atom. The molecule has 0 aliphatic heterocycles. The van der Waals surface area contributed by atoms with Gasteiger partial charge in [0.05, 0.1) is 5.56 Å². The van der Waals surface area contributed by atoms with Gasteiger partial charge in [0.15, 0.2) is 13.2 Å². The summed E-state index contributed by atoms with van der Waals surface area (Å²) in [6.07, 6.45) is 0.709. The third kappa shape index (κ3) is 7.34. The first-order valence-electron chi connectivity index (χ1n) is 7.61. The molecule has 0 aliphatic rings. The Hall–Kier alpha value is -3.10. The lowest BCUT2D eigenvalue weighted by Crippen LogP contribution is -2.44. The Labute approximate surface area is 144 Å². The molecule has 0 aromatic heterocycles. The molecule has 0 spiro atoms. The molecule has 0 bridgehead atoms. The fourth-order valence-corrected chi connectivity index (χ4v) is 1.65. The quantitative estimate of drug-likeness (QED) is 0.577. The average molecular weight is 351 g/mol. The van der Waals surface area contributed by atoms with E-state index in [1.165, 1.54) is 12.1 Å². The SMILES string of the molecule is CC[C@@H](C)NC(=O)NC(=O)COC(=O)COc1ccccc1C(N)=O. The second kappa shape index (κ2) is 9.91. The number of para-hydroxylation sites is 1. The Morgan fingerprint density at radius 3 is 2.48 bits per heavy atom. The summed E-state index contributed by atoms with van der Waals surface area (Å²) >= 11 is 0. The van der Waals surface area contributed by atoms with Crippen molar-refractivity contribution in [1.82, 2.24) is 10.6 Å². The molecule has 136 valence electrons. The molecule has 0 aliphatic carbocycles. The fourth-order valence-electron chi connectivity index (χ4n) is 1.65. The predicted molar refractivity (Wildman–Crippen MR) is 87.8 cm³/mol. The molecule has 25 heavy (non-hydrogen) atoms. The molecule has 0 radical (unpaired) electrons. The van der Waals surface area contributed by atoms with Gasteiger partial charge in [-0.05, 0) is 25.5 Å². The van der Waals surface area contributed by atoms with E-state index in [9.17, 15) is 19.2 Å². The van der Waals surface area contributed by atoms with E-state index in [0.717, 1.165) is 0 Å². The highest BCUT2D eigenvalue weighted by Gasteiger charge is 2.14. The monoisotopic (exact) mass is 351 g/mol. The smallest absolute Gasteiger partial charge is 0.344 e. The van der Waals surface area contributed by atoms with Gasteiger partial charge in [0.2, 0.25) is 0 Å². The van der Waals surface area contributed by atoms with Crippen LogP contribution in [-0.4, -0.2) is 43.1 Å². The van der Waals surface area contributed by atoms with Gasteiger partial charge in [-0.2, -0.15) is 0 Å². The number of ether oxygens (including phenoxy) is 2. The number of imide groups is 1. The number of carbonyl (C=O) groups is 4. The first-order chi connectivity index (χ1) is 11.8. The van der Waals surface area contributed by atoms with Gasteiger partial charge in [-0.3, -0.25) is 14.9 Å². The van der Waals surface area contributed by atoms with Crippen molar-refractivity contribution in [2.24, 2.45) is 5.73 Å². The van der Waals surface area contributed by atoms with E-state index < -0.39 is 37.0 Å². The Balaban J connectivity index is 2.37. The molecule has 1 atom stereocenters. The van der Waals surface area contributed by atoms with E-state index in [1.54, 1.807) is 19.1 Å². The van der Waals surface area contributed by atoms with E-state index >= 15 is 0 Å². The summed E-state index contributed by atoms with van der Waals surface area (Å²) in [4.78, 5) is 45.7. The maximum Gasteiger partial charge on any atom is 0.344 e. The Kier molecular flexibility index (Phi) is 7.91. The van der Waals surface area contributed by atoms with Gasteiger partial charge in [-0.15, -0.1) is 0 Å². The molecule has 1 rings (SSSR count). The molecule has 9 nitrogen and oxygen atoms in total. The normalized spacial score (nSPS) is 11.1. The summed E-state index contributed by atoms with van der Waals surface area (Å²) in [5.74, 6) is -2.18. The average Bonchev–Trinajstić information content (AvgIpc) is 2.57. The molecule has 0 heterocycles. The van der Waals surface area contributed by atoms with Gasteiger partial charge in [0.1, 0.15) is 5.75 Å². The van der Waals surface area contributed by atoms with Crippen molar-refractivity contribution in [3.05, 3.63) is 29.8 Å². The minimum Gasteiger partial charge on any atom is -0.481 e. The topological polar surface area (TPSA) is 137 Å². The van der Waals surface area contributed by atoms with Crippen molar-refractivity contribution in [2.75, 3.05) is 13.2 Å². The minimum absolute atomic E-state index is 0.0888. The van der Waals surface area contributed by atoms with Crippen molar-refractivity contribution >= 4 is 23.8 Å². The number of esters is 1. The first kappa shape index (κ1) is 19.9. The van der Waals surface area contributed by atoms with Crippen LogP contribution in [0, 0.1) is 0 Å². The number of nitrogens with one attached hydrogen (secondary N) is 2. The third-order valence-electron chi connectivity index (χ3n) is 3.11. The number of hydrogen-bond acceptors (Lipinski definition) is 6. The van der Waals surface area contributed by atoms with E-state index in [4.69, 9.17) is 10.5 Å². The lowest BCUT2D eigenvalue weighted by molar-refractivity contribution is -0.150. The van der Waals surface area contributed by atoms with Crippen LogP contribution in [0.4, 0.5) is 4.79 Å². The van der Waals surface area contributed by atoms with E-state index in [1.807, 2.05) is 12.2 Å². The van der Waals surface area contributed by atoms with Crippen molar-refractivity contribution in [1.29, 1.82) is 0 Å². The van der Waals surface area contributed by atoms with Gasteiger partial charge in [0.25, 0.3) is 11.8 Å². The van der Waals surface area contributed by atoms with Crippen molar-refractivity contribution in [3.8, 4) is 5.75 Å². The van der Waals surface area contributed by atoms with Crippen molar-refractivity contribution in [3.63, 3.8) is 0 Å². The molecule has 4 N–H and O–H groups in total. The molecule has 9 heteroatoms. The molecular formula is C16H21N3O6. The van der Waals surface area contributed by atoms with Crippen molar-refractivity contribution in [2.45, 2.75) is 26.3 Å². The predicted octanol–water partition coefficient (Wildman–Crippen LogP) is 0.332. The highest BCUT2D eigenvalue weighted by Crippen LogP contribution is 2.16. The van der Waals surface area contributed by atoms with Crippen LogP contribution in [0.5, 0.6) is 5.75 Å². The summed E-state index contributed by atoms with van der Waals surface area (Å²) in [6.45, 7) is 2.51. The van der Waals surface area contributed by atoms with Crippen LogP contribution in [-0.2, 0) is 14.3 Å². The van der Waals surface area contributed by atoms with Gasteiger partial charge in [-0.25, -0.2) is 9.59 Å². The maximum atomic E-state index is 11.6. The van der Waals surface area contributed by atoms with Gasteiger partial charge >= 0.3 is 12.0 Å². The highest BCUT2D eigenvalue weighted by atomic mass is 16.6. The summed E-state index contributed by atoms with van der Waals surface area (Å²) in [5, 5.41) is 4.56. The van der Waals surface area contributed by atoms with E-state index in [-0.39, 0.29) is 17.4 Å². The Bertz CT molecular complexity index is 647. The van der Waals surface area contributed by atoms with E-state index in [0.29, 0.717) is 6.42 Å². The van der Waals surface area contributed by atoms with Gasteiger partial charge in [-0.1, -0.05) is 19.1 Å². The standard InChI is InChI=1S/C16H21N3O6/c1-3-10(2)18-16(23)19-13(20)8-25-14(21)9-24-12-7-5-4-6-11(12)15(17)22/h4-7,10H,3,8-9H2,1-2H3,(H2,17,22)(H2,18,19,20,23)/t10-/m1/s1. The van der Waals surface area contributed by atoms with E-state index in [2.05, 4.69) is 10.1 Å². The zero-order valence-corrected chi connectivity index (χ0v) is 14.0. The number of rotatable bonds is 8. The van der Waals surface area contributed by atoms with Crippen LogP contribution >= 0.6 is 0 Å².